The summed E-state index contributed by atoms with van der Waals surface area (Å²) >= 11 is 0. The lowest BCUT2D eigenvalue weighted by molar-refractivity contribution is 0.124. The Morgan fingerprint density at radius 2 is 1.48 bits per heavy atom. The second-order valence-electron chi connectivity index (χ2n) is 8.56. The van der Waals surface area contributed by atoms with Gasteiger partial charge in [-0.2, -0.15) is 0 Å². The molecule has 3 heterocycles. The van der Waals surface area contributed by atoms with E-state index in [0.717, 1.165) is 36.1 Å². The van der Waals surface area contributed by atoms with Crippen molar-refractivity contribution in [2.45, 2.75) is 50.9 Å². The number of nitrogens with zero attached hydrogens (tertiary/aromatic N) is 2. The van der Waals surface area contributed by atoms with Crippen molar-refractivity contribution in [1.29, 1.82) is 0 Å². The summed E-state index contributed by atoms with van der Waals surface area (Å²) in [4.78, 5) is 21.0. The Bertz CT molecular complexity index is 1030. The number of hydrogen-bond donors (Lipinski definition) is 1. The van der Waals surface area contributed by atoms with Crippen molar-refractivity contribution in [3.05, 3.63) is 82.1 Å². The van der Waals surface area contributed by atoms with Gasteiger partial charge in [-0.25, -0.2) is 0 Å². The van der Waals surface area contributed by atoms with Crippen LogP contribution < -0.4 is 5.56 Å². The molecule has 2 aromatic carbocycles. The van der Waals surface area contributed by atoms with Gasteiger partial charge in [0.15, 0.2) is 0 Å². The minimum atomic E-state index is 0.0573. The van der Waals surface area contributed by atoms with Crippen LogP contribution in [0.2, 0.25) is 0 Å². The molecule has 3 aromatic rings. The summed E-state index contributed by atoms with van der Waals surface area (Å²) in [6, 6.07) is 22.1. The van der Waals surface area contributed by atoms with Crippen LogP contribution in [0.15, 0.2) is 65.5 Å². The lowest BCUT2D eigenvalue weighted by Gasteiger charge is -2.35. The molecule has 1 aromatic heterocycles. The second kappa shape index (κ2) is 8.13. The van der Waals surface area contributed by atoms with Crippen molar-refractivity contribution < 1.29 is 0 Å². The maximum Gasteiger partial charge on any atom is 0.252 e. The third kappa shape index (κ3) is 3.87. The third-order valence-electron chi connectivity index (χ3n) is 6.70. The smallest absolute Gasteiger partial charge is 0.252 e. The van der Waals surface area contributed by atoms with E-state index < -0.39 is 0 Å². The molecule has 2 atom stereocenters. The van der Waals surface area contributed by atoms with Gasteiger partial charge in [-0.1, -0.05) is 48.5 Å². The highest BCUT2D eigenvalue weighted by Gasteiger charge is 2.37. The maximum atomic E-state index is 12.7. The molecule has 2 aliphatic heterocycles. The van der Waals surface area contributed by atoms with Gasteiger partial charge in [0.2, 0.25) is 0 Å². The SMILES string of the molecule is O=c1[nH]c2ccccc2cc1CN1CCCC1C1CCCN1Cc1ccccc1. The maximum absolute atomic E-state index is 12.7. The van der Waals surface area contributed by atoms with Crippen LogP contribution in [0, 0.1) is 0 Å². The Kier molecular flexibility index (Phi) is 5.21. The predicted molar refractivity (Wildman–Crippen MR) is 118 cm³/mol. The minimum Gasteiger partial charge on any atom is -0.322 e. The molecule has 0 radical (unpaired) electrons. The van der Waals surface area contributed by atoms with Gasteiger partial charge in [-0.05, 0) is 61.9 Å². The van der Waals surface area contributed by atoms with Crippen LogP contribution in [-0.2, 0) is 13.1 Å². The molecule has 0 aliphatic carbocycles. The highest BCUT2D eigenvalue weighted by atomic mass is 16.1. The lowest BCUT2D eigenvalue weighted by Crippen LogP contribution is -2.45. The standard InChI is InChI=1S/C25H29N3O/c29-25-21(16-20-10-4-5-11-22(20)26-25)18-28-15-7-13-24(28)23-12-6-14-27(23)17-19-8-2-1-3-9-19/h1-5,8-11,16,23-24H,6-7,12-15,17-18H2,(H,26,29). The summed E-state index contributed by atoms with van der Waals surface area (Å²) in [7, 11) is 0. The molecule has 0 saturated carbocycles. The van der Waals surface area contributed by atoms with Gasteiger partial charge >= 0.3 is 0 Å². The number of nitrogens with one attached hydrogen (secondary N) is 1. The van der Waals surface area contributed by atoms with Crippen molar-refractivity contribution in [2.75, 3.05) is 13.1 Å². The van der Waals surface area contributed by atoms with E-state index in [9.17, 15) is 4.79 Å². The van der Waals surface area contributed by atoms with Crippen LogP contribution in [0.1, 0.15) is 36.8 Å². The van der Waals surface area contributed by atoms with E-state index in [4.69, 9.17) is 0 Å². The Morgan fingerprint density at radius 1 is 0.828 bits per heavy atom. The van der Waals surface area contributed by atoms with Gasteiger partial charge in [-0.15, -0.1) is 0 Å². The van der Waals surface area contributed by atoms with Crippen LogP contribution in [0.3, 0.4) is 0 Å². The largest absolute Gasteiger partial charge is 0.322 e. The summed E-state index contributed by atoms with van der Waals surface area (Å²) in [6.45, 7) is 4.06. The molecule has 2 unspecified atom stereocenters. The Hall–Kier alpha value is -2.43. The number of para-hydroxylation sites is 1. The van der Waals surface area contributed by atoms with Gasteiger partial charge < -0.3 is 4.98 Å². The molecule has 2 aliphatic rings. The third-order valence-corrected chi connectivity index (χ3v) is 6.70. The number of rotatable bonds is 5. The van der Waals surface area contributed by atoms with Gasteiger partial charge in [0.25, 0.3) is 5.56 Å². The number of benzene rings is 2. The first kappa shape index (κ1) is 18.6. The molecule has 0 bridgehead atoms. The van der Waals surface area contributed by atoms with E-state index in [1.165, 1.54) is 37.8 Å². The van der Waals surface area contributed by atoms with Crippen LogP contribution in [0.5, 0.6) is 0 Å². The average Bonchev–Trinajstić information content (AvgIpc) is 3.38. The van der Waals surface area contributed by atoms with E-state index in [-0.39, 0.29) is 5.56 Å². The minimum absolute atomic E-state index is 0.0573. The van der Waals surface area contributed by atoms with Gasteiger partial charge in [0, 0.05) is 36.3 Å². The molecule has 150 valence electrons. The number of pyridine rings is 1. The number of H-pyrrole nitrogens is 1. The molecule has 29 heavy (non-hydrogen) atoms. The monoisotopic (exact) mass is 387 g/mol. The summed E-state index contributed by atoms with van der Waals surface area (Å²) in [5, 5.41) is 1.12. The number of aromatic amines is 1. The van der Waals surface area contributed by atoms with E-state index in [1.54, 1.807) is 0 Å². The zero-order valence-electron chi connectivity index (χ0n) is 16.9. The predicted octanol–water partition coefficient (Wildman–Crippen LogP) is 4.16. The van der Waals surface area contributed by atoms with Gasteiger partial charge in [-0.3, -0.25) is 14.6 Å². The molecule has 0 amide bonds. The second-order valence-corrected chi connectivity index (χ2v) is 8.56. The molecule has 1 N–H and O–H groups in total. The molecular weight excluding hydrogens is 358 g/mol. The molecule has 2 saturated heterocycles. The van der Waals surface area contributed by atoms with E-state index in [0.29, 0.717) is 12.1 Å². The van der Waals surface area contributed by atoms with Crippen LogP contribution >= 0.6 is 0 Å². The zero-order valence-corrected chi connectivity index (χ0v) is 16.9. The molecular formula is C25H29N3O. The number of aromatic nitrogens is 1. The summed E-state index contributed by atoms with van der Waals surface area (Å²) in [6.07, 6.45) is 5.01. The quantitative estimate of drug-likeness (QED) is 0.715. The number of likely N-dealkylation sites (tertiary alicyclic amines) is 2. The fourth-order valence-corrected chi connectivity index (χ4v) is 5.31. The van der Waals surface area contributed by atoms with Crippen LogP contribution in [0.4, 0.5) is 0 Å². The fourth-order valence-electron chi connectivity index (χ4n) is 5.31. The number of fused-ring (bicyclic) bond motifs is 1. The van der Waals surface area contributed by atoms with Crippen LogP contribution in [-0.4, -0.2) is 40.0 Å². The Morgan fingerprint density at radius 3 is 2.24 bits per heavy atom. The van der Waals surface area contributed by atoms with E-state index in [2.05, 4.69) is 57.2 Å². The Balaban J connectivity index is 1.35. The molecule has 2 fully saturated rings. The van der Waals surface area contributed by atoms with Crippen LogP contribution in [0.25, 0.3) is 10.9 Å². The summed E-state index contributed by atoms with van der Waals surface area (Å²) in [5.41, 5.74) is 3.27. The molecule has 4 heteroatoms. The Labute approximate surface area is 172 Å². The summed E-state index contributed by atoms with van der Waals surface area (Å²) < 4.78 is 0. The molecule has 4 nitrogen and oxygen atoms in total. The van der Waals surface area contributed by atoms with Gasteiger partial charge in [0.05, 0.1) is 0 Å². The highest BCUT2D eigenvalue weighted by Crippen LogP contribution is 2.32. The average molecular weight is 388 g/mol. The highest BCUT2D eigenvalue weighted by molar-refractivity contribution is 5.78. The zero-order chi connectivity index (χ0) is 19.6. The van der Waals surface area contributed by atoms with Gasteiger partial charge in [0.1, 0.15) is 0 Å². The lowest BCUT2D eigenvalue weighted by atomic mass is 10.0. The molecule has 5 rings (SSSR count). The van der Waals surface area contributed by atoms with E-state index >= 15 is 0 Å². The van der Waals surface area contributed by atoms with E-state index in [1.807, 2.05) is 18.2 Å². The first-order chi connectivity index (χ1) is 14.3. The molecule has 0 spiro atoms. The van der Waals surface area contributed by atoms with Crippen molar-refractivity contribution >= 4 is 10.9 Å². The first-order valence-corrected chi connectivity index (χ1v) is 10.9. The first-order valence-electron chi connectivity index (χ1n) is 10.9. The normalized spacial score (nSPS) is 23.2. The van der Waals surface area contributed by atoms with Crippen molar-refractivity contribution in [1.82, 2.24) is 14.8 Å². The summed E-state index contributed by atoms with van der Waals surface area (Å²) in [5.74, 6) is 0. The fraction of sp³-hybridized carbons (Fsp3) is 0.400. The van der Waals surface area contributed by atoms with Crippen molar-refractivity contribution in [3.63, 3.8) is 0 Å². The van der Waals surface area contributed by atoms with Crippen molar-refractivity contribution in [3.8, 4) is 0 Å². The topological polar surface area (TPSA) is 39.3 Å². The number of hydrogen-bond acceptors (Lipinski definition) is 3. The van der Waals surface area contributed by atoms with Crippen molar-refractivity contribution in [2.24, 2.45) is 0 Å².